The molecule has 2 rings (SSSR count). The van der Waals surface area contributed by atoms with Gasteiger partial charge in [0.2, 0.25) is 0 Å². The second-order valence-electron chi connectivity index (χ2n) is 7.82. The molecule has 0 aromatic heterocycles. The van der Waals surface area contributed by atoms with Crippen molar-refractivity contribution in [2.45, 2.75) is 58.8 Å². The molecule has 1 saturated heterocycles. The number of carbonyl (C=O) groups is 2. The van der Waals surface area contributed by atoms with Crippen LogP contribution in [0.2, 0.25) is 0 Å². The van der Waals surface area contributed by atoms with Crippen LogP contribution >= 0.6 is 24.0 Å². The third-order valence-corrected chi connectivity index (χ3v) is 5.89. The van der Waals surface area contributed by atoms with Crippen LogP contribution in [0.15, 0.2) is 29.2 Å². The number of amides is 1. The first-order chi connectivity index (χ1) is 13.2. The van der Waals surface area contributed by atoms with E-state index in [1.807, 2.05) is 18.2 Å². The number of rotatable bonds is 8. The quantitative estimate of drug-likeness (QED) is 0.247. The molecule has 152 valence electrons. The summed E-state index contributed by atoms with van der Waals surface area (Å²) in [5.74, 6) is -0.186. The lowest BCUT2D eigenvalue weighted by Crippen LogP contribution is -2.29. The Labute approximate surface area is 177 Å². The lowest BCUT2D eigenvalue weighted by molar-refractivity contribution is -0.143. The monoisotopic (exact) mass is 419 g/mol. The molecular weight excluding hydrogens is 390 g/mol. The summed E-state index contributed by atoms with van der Waals surface area (Å²) < 4.78 is 5.52. The Morgan fingerprint density at radius 1 is 1.18 bits per heavy atom. The fourth-order valence-corrected chi connectivity index (χ4v) is 4.18. The van der Waals surface area contributed by atoms with Gasteiger partial charge in [0, 0.05) is 13.0 Å². The highest BCUT2D eigenvalue weighted by atomic mass is 32.2. The SMILES string of the molecule is CCOC(=O)CCCCCN1C(=O)/C(=C\c2ccc(C(C)(C)C)cc2)SC1=S. The lowest BCUT2D eigenvalue weighted by Gasteiger charge is -2.18. The fourth-order valence-electron chi connectivity index (χ4n) is 2.87. The number of benzene rings is 1. The number of nitrogens with zero attached hydrogens (tertiary/aromatic N) is 1. The molecule has 1 heterocycles. The third-order valence-electron chi connectivity index (χ3n) is 4.52. The average molecular weight is 420 g/mol. The van der Waals surface area contributed by atoms with E-state index in [9.17, 15) is 9.59 Å². The van der Waals surface area contributed by atoms with E-state index in [2.05, 4.69) is 32.9 Å². The number of esters is 1. The summed E-state index contributed by atoms with van der Waals surface area (Å²) in [6, 6.07) is 8.30. The molecule has 1 aromatic rings. The first-order valence-corrected chi connectivity index (χ1v) is 11.0. The van der Waals surface area contributed by atoms with E-state index >= 15 is 0 Å². The zero-order valence-electron chi connectivity index (χ0n) is 17.1. The molecule has 1 fully saturated rings. The predicted octanol–water partition coefficient (Wildman–Crippen LogP) is 5.31. The highest BCUT2D eigenvalue weighted by molar-refractivity contribution is 8.26. The zero-order valence-corrected chi connectivity index (χ0v) is 18.8. The van der Waals surface area contributed by atoms with Crippen LogP contribution in [0, 0.1) is 0 Å². The molecule has 0 atom stereocenters. The first-order valence-electron chi connectivity index (χ1n) is 9.74. The van der Waals surface area contributed by atoms with Gasteiger partial charge in [-0.1, -0.05) is 75.4 Å². The van der Waals surface area contributed by atoms with Crippen LogP contribution in [0.4, 0.5) is 0 Å². The summed E-state index contributed by atoms with van der Waals surface area (Å²) in [6.07, 6.45) is 4.79. The molecule has 0 N–H and O–H groups in total. The van der Waals surface area contributed by atoms with Crippen molar-refractivity contribution in [2.24, 2.45) is 0 Å². The zero-order chi connectivity index (χ0) is 20.7. The lowest BCUT2D eigenvalue weighted by atomic mass is 9.87. The smallest absolute Gasteiger partial charge is 0.305 e. The molecule has 0 spiro atoms. The Morgan fingerprint density at radius 3 is 2.46 bits per heavy atom. The van der Waals surface area contributed by atoms with E-state index in [0.29, 0.717) is 28.8 Å². The number of ether oxygens (including phenoxy) is 1. The van der Waals surface area contributed by atoms with E-state index < -0.39 is 0 Å². The molecule has 28 heavy (non-hydrogen) atoms. The van der Waals surface area contributed by atoms with Crippen LogP contribution in [0.25, 0.3) is 6.08 Å². The Kier molecular flexibility index (Phi) is 8.25. The standard InChI is InChI=1S/C22H29NO3S2/c1-5-26-19(24)9-7-6-8-14-23-20(25)18(28-21(23)27)15-16-10-12-17(13-11-16)22(2,3)4/h10-13,15H,5-9,14H2,1-4H3/b18-15+. The molecule has 4 nitrogen and oxygen atoms in total. The van der Waals surface area contributed by atoms with Gasteiger partial charge < -0.3 is 4.74 Å². The predicted molar refractivity (Wildman–Crippen MR) is 120 cm³/mol. The molecule has 1 amide bonds. The van der Waals surface area contributed by atoms with Crippen LogP contribution in [0.5, 0.6) is 0 Å². The van der Waals surface area contributed by atoms with Gasteiger partial charge in [0.05, 0.1) is 11.5 Å². The molecular formula is C22H29NO3S2. The van der Waals surface area contributed by atoms with Crippen LogP contribution in [0.3, 0.4) is 0 Å². The van der Waals surface area contributed by atoms with Crippen molar-refractivity contribution in [3.63, 3.8) is 0 Å². The van der Waals surface area contributed by atoms with Crippen molar-refractivity contribution in [1.29, 1.82) is 0 Å². The molecule has 1 aliphatic rings. The van der Waals surface area contributed by atoms with Crippen molar-refractivity contribution < 1.29 is 14.3 Å². The number of unbranched alkanes of at least 4 members (excludes halogenated alkanes) is 2. The minimum Gasteiger partial charge on any atom is -0.466 e. The molecule has 0 radical (unpaired) electrons. The van der Waals surface area contributed by atoms with Gasteiger partial charge in [-0.3, -0.25) is 14.5 Å². The molecule has 0 saturated carbocycles. The van der Waals surface area contributed by atoms with E-state index in [4.69, 9.17) is 17.0 Å². The summed E-state index contributed by atoms with van der Waals surface area (Å²) >= 11 is 6.74. The second-order valence-corrected chi connectivity index (χ2v) is 9.50. The summed E-state index contributed by atoms with van der Waals surface area (Å²) in [6.45, 7) is 9.35. The summed E-state index contributed by atoms with van der Waals surface area (Å²) in [5.41, 5.74) is 2.37. The van der Waals surface area contributed by atoms with E-state index in [-0.39, 0.29) is 17.3 Å². The van der Waals surface area contributed by atoms with Crippen LogP contribution < -0.4 is 0 Å². The largest absolute Gasteiger partial charge is 0.466 e. The van der Waals surface area contributed by atoms with Crippen molar-refractivity contribution in [1.82, 2.24) is 4.90 Å². The normalized spacial score (nSPS) is 16.1. The van der Waals surface area contributed by atoms with Crippen molar-refractivity contribution in [2.75, 3.05) is 13.2 Å². The van der Waals surface area contributed by atoms with Gasteiger partial charge in [0.1, 0.15) is 4.32 Å². The number of hydrogen-bond donors (Lipinski definition) is 0. The molecule has 0 aliphatic carbocycles. The second kappa shape index (κ2) is 10.2. The average Bonchev–Trinajstić information content (AvgIpc) is 2.88. The van der Waals surface area contributed by atoms with Gasteiger partial charge >= 0.3 is 5.97 Å². The van der Waals surface area contributed by atoms with Crippen molar-refractivity contribution in [3.05, 3.63) is 40.3 Å². The van der Waals surface area contributed by atoms with Crippen molar-refractivity contribution in [3.8, 4) is 0 Å². The van der Waals surface area contributed by atoms with E-state index in [1.165, 1.54) is 17.3 Å². The Bertz CT molecular complexity index is 748. The van der Waals surface area contributed by atoms with Crippen LogP contribution in [-0.4, -0.2) is 34.2 Å². The Balaban J connectivity index is 1.88. The summed E-state index contributed by atoms with van der Waals surface area (Å²) in [5, 5.41) is 0. The van der Waals surface area contributed by atoms with Crippen LogP contribution in [-0.2, 0) is 19.7 Å². The Morgan fingerprint density at radius 2 is 1.86 bits per heavy atom. The topological polar surface area (TPSA) is 46.6 Å². The number of thiocarbonyl (C=S) groups is 1. The summed E-state index contributed by atoms with van der Waals surface area (Å²) in [7, 11) is 0. The summed E-state index contributed by atoms with van der Waals surface area (Å²) in [4.78, 5) is 26.4. The highest BCUT2D eigenvalue weighted by Crippen LogP contribution is 2.33. The molecule has 6 heteroatoms. The number of carbonyl (C=O) groups excluding carboxylic acids is 2. The van der Waals surface area contributed by atoms with Crippen LogP contribution in [0.1, 0.15) is 64.5 Å². The van der Waals surface area contributed by atoms with Crippen molar-refractivity contribution >= 4 is 46.3 Å². The van der Waals surface area contributed by atoms with Gasteiger partial charge in [0.15, 0.2) is 0 Å². The number of thioether (sulfide) groups is 1. The maximum Gasteiger partial charge on any atom is 0.305 e. The van der Waals surface area contributed by atoms with Gasteiger partial charge in [-0.15, -0.1) is 0 Å². The van der Waals surface area contributed by atoms with Gasteiger partial charge in [0.25, 0.3) is 5.91 Å². The minimum atomic E-state index is -0.159. The molecule has 1 aromatic carbocycles. The maximum absolute atomic E-state index is 12.7. The first kappa shape index (κ1) is 22.6. The van der Waals surface area contributed by atoms with Gasteiger partial charge in [-0.05, 0) is 42.4 Å². The minimum absolute atomic E-state index is 0.0275. The van der Waals surface area contributed by atoms with E-state index in [1.54, 1.807) is 11.8 Å². The highest BCUT2D eigenvalue weighted by Gasteiger charge is 2.31. The maximum atomic E-state index is 12.7. The molecule has 0 unspecified atom stereocenters. The molecule has 1 aliphatic heterocycles. The number of hydrogen-bond acceptors (Lipinski definition) is 5. The molecule has 0 bridgehead atoms. The van der Waals surface area contributed by atoms with E-state index in [0.717, 1.165) is 24.8 Å². The van der Waals surface area contributed by atoms with Gasteiger partial charge in [-0.2, -0.15) is 0 Å². The van der Waals surface area contributed by atoms with Gasteiger partial charge in [-0.25, -0.2) is 0 Å². The fraction of sp³-hybridized carbons (Fsp3) is 0.500. The Hall–Kier alpha value is -1.66. The third kappa shape index (κ3) is 6.45.